The highest BCUT2D eigenvalue weighted by Gasteiger charge is 2.31. The van der Waals surface area contributed by atoms with Gasteiger partial charge in [-0.1, -0.05) is 100 Å². The summed E-state index contributed by atoms with van der Waals surface area (Å²) < 4.78 is 10.8. The van der Waals surface area contributed by atoms with Crippen LogP contribution in [0.15, 0.2) is 94.7 Å². The Labute approximate surface area is 336 Å². The summed E-state index contributed by atoms with van der Waals surface area (Å²) in [7, 11) is 0. The first-order valence-electron chi connectivity index (χ1n) is 19.0. The lowest BCUT2D eigenvalue weighted by molar-refractivity contribution is -0.387. The summed E-state index contributed by atoms with van der Waals surface area (Å²) in [6.45, 7) is 11.6. The van der Waals surface area contributed by atoms with E-state index in [0.717, 1.165) is 22.9 Å². The minimum Gasteiger partial charge on any atom is -0.378 e. The van der Waals surface area contributed by atoms with Gasteiger partial charge in [0.1, 0.15) is 0 Å². The van der Waals surface area contributed by atoms with Crippen LogP contribution in [-0.2, 0) is 19.1 Å². The first-order valence-corrected chi connectivity index (χ1v) is 19.9. The second-order valence-corrected chi connectivity index (χ2v) is 15.5. The lowest BCUT2D eigenvalue weighted by Crippen LogP contribution is -2.39. The monoisotopic (exact) mass is 790 g/mol. The number of hydrogen-bond acceptors (Lipinski definition) is 9. The molecule has 0 atom stereocenters. The molecule has 6 rings (SSSR count). The molecule has 296 valence electrons. The van der Waals surface area contributed by atoms with Crippen LogP contribution >= 0.6 is 11.8 Å². The van der Waals surface area contributed by atoms with Crippen molar-refractivity contribution in [1.82, 2.24) is 9.80 Å². The highest BCUT2D eigenvalue weighted by Crippen LogP contribution is 2.50. The SMILES string of the molecule is CC(C)c1ccccc1-c1c(/C=C/C(=O)N2CCOCC2)ccc(Sc2ccc(/C=C/C(=O)N3CCOCC3)c(-c3ccccc3C(C)C)c2[N+](=O)[O-])c1[N+](=O)[O-]. The quantitative estimate of drug-likeness (QED) is 0.0780. The smallest absolute Gasteiger partial charge is 0.291 e. The fraction of sp³-hybridized carbons (Fsp3) is 0.318. The minimum atomic E-state index is -0.453. The number of morpholine rings is 2. The zero-order chi connectivity index (χ0) is 40.6. The fourth-order valence-corrected chi connectivity index (χ4v) is 8.28. The third kappa shape index (κ3) is 9.33. The average Bonchev–Trinajstić information content (AvgIpc) is 3.22. The molecule has 13 heteroatoms. The van der Waals surface area contributed by atoms with Gasteiger partial charge in [0.05, 0.1) is 57.2 Å². The van der Waals surface area contributed by atoms with Crippen molar-refractivity contribution in [2.75, 3.05) is 52.6 Å². The molecule has 0 spiro atoms. The molecule has 2 aliphatic heterocycles. The summed E-state index contributed by atoms with van der Waals surface area (Å²) in [6, 6.07) is 21.5. The molecule has 0 unspecified atom stereocenters. The molecule has 2 heterocycles. The van der Waals surface area contributed by atoms with Gasteiger partial charge in [-0.2, -0.15) is 0 Å². The second kappa shape index (κ2) is 18.5. The predicted octanol–water partition coefficient (Wildman–Crippen LogP) is 8.98. The van der Waals surface area contributed by atoms with Crippen LogP contribution in [0.3, 0.4) is 0 Å². The Morgan fingerprint density at radius 2 is 0.982 bits per heavy atom. The molecule has 0 aromatic heterocycles. The number of nitrogens with zero attached hydrogens (tertiary/aromatic N) is 4. The first kappa shape index (κ1) is 41.0. The molecule has 2 saturated heterocycles. The van der Waals surface area contributed by atoms with E-state index >= 15 is 0 Å². The van der Waals surface area contributed by atoms with E-state index in [1.54, 1.807) is 46.2 Å². The van der Waals surface area contributed by atoms with Crippen LogP contribution in [0, 0.1) is 20.2 Å². The number of hydrogen-bond donors (Lipinski definition) is 0. The molecule has 0 bridgehead atoms. The van der Waals surface area contributed by atoms with Gasteiger partial charge in [0.25, 0.3) is 11.4 Å². The largest absolute Gasteiger partial charge is 0.378 e. The maximum Gasteiger partial charge on any atom is 0.291 e. The second-order valence-electron chi connectivity index (χ2n) is 14.4. The van der Waals surface area contributed by atoms with Crippen LogP contribution in [0.25, 0.3) is 34.4 Å². The van der Waals surface area contributed by atoms with Crippen molar-refractivity contribution in [3.8, 4) is 22.3 Å². The van der Waals surface area contributed by atoms with Crippen LogP contribution in [0.1, 0.15) is 61.8 Å². The topological polar surface area (TPSA) is 145 Å². The third-order valence-corrected chi connectivity index (χ3v) is 11.2. The number of benzene rings is 4. The molecular weight excluding hydrogens is 745 g/mol. The van der Waals surface area contributed by atoms with E-state index in [2.05, 4.69) is 0 Å². The van der Waals surface area contributed by atoms with Crippen molar-refractivity contribution in [3.05, 3.63) is 127 Å². The standard InChI is InChI=1S/C44H46N4O8S/c1-29(2)33-9-5-7-11-35(33)41-31(15-19-39(49)45-21-25-55-26-22-45)13-17-37(43(41)47(51)52)57-38-18-14-32(16-20-40(50)46-23-27-56-28-24-46)42(44(38)48(53)54)36-12-8-6-10-34(36)30(3)4/h5-20,29-30H,21-28H2,1-4H3/b19-15+,20-16+. The number of carbonyl (C=O) groups is 2. The molecule has 4 aromatic rings. The van der Waals surface area contributed by atoms with Crippen LogP contribution in [0.4, 0.5) is 11.4 Å². The summed E-state index contributed by atoms with van der Waals surface area (Å²) in [5.41, 5.74) is 4.11. The Morgan fingerprint density at radius 1 is 0.614 bits per heavy atom. The molecule has 57 heavy (non-hydrogen) atoms. The number of rotatable bonds is 12. The van der Waals surface area contributed by atoms with E-state index in [0.29, 0.717) is 86.0 Å². The van der Waals surface area contributed by atoms with Crippen molar-refractivity contribution in [3.63, 3.8) is 0 Å². The van der Waals surface area contributed by atoms with E-state index in [-0.39, 0.29) is 44.8 Å². The zero-order valence-electron chi connectivity index (χ0n) is 32.5. The van der Waals surface area contributed by atoms with Crippen LogP contribution in [0.5, 0.6) is 0 Å². The molecule has 0 aliphatic carbocycles. The van der Waals surface area contributed by atoms with Gasteiger partial charge in [0, 0.05) is 38.3 Å². The molecular formula is C44H46N4O8S. The lowest BCUT2D eigenvalue weighted by Gasteiger charge is -2.25. The average molecular weight is 791 g/mol. The minimum absolute atomic E-state index is 0.00400. The van der Waals surface area contributed by atoms with Crippen LogP contribution < -0.4 is 0 Å². The van der Waals surface area contributed by atoms with Crippen molar-refractivity contribution >= 4 is 47.1 Å². The normalized spacial score (nSPS) is 14.9. The van der Waals surface area contributed by atoms with Crippen molar-refractivity contribution in [1.29, 1.82) is 0 Å². The molecule has 2 aliphatic rings. The van der Waals surface area contributed by atoms with E-state index < -0.39 is 9.85 Å². The Morgan fingerprint density at radius 3 is 1.33 bits per heavy atom. The number of nitro benzene ring substituents is 2. The number of carbonyl (C=O) groups excluding carboxylic acids is 2. The molecule has 12 nitrogen and oxygen atoms in total. The Hall–Kier alpha value is -5.63. The number of ether oxygens (including phenoxy) is 2. The van der Waals surface area contributed by atoms with Crippen LogP contribution in [0.2, 0.25) is 0 Å². The van der Waals surface area contributed by atoms with E-state index in [1.807, 2.05) is 76.2 Å². The van der Waals surface area contributed by atoms with Crippen molar-refractivity contribution in [2.45, 2.75) is 49.3 Å². The van der Waals surface area contributed by atoms with Gasteiger partial charge in [-0.05, 0) is 69.5 Å². The number of nitro groups is 2. The molecule has 4 aromatic carbocycles. The summed E-state index contributed by atoms with van der Waals surface area (Å²) in [4.78, 5) is 55.7. The van der Waals surface area contributed by atoms with Gasteiger partial charge in [-0.25, -0.2) is 0 Å². The van der Waals surface area contributed by atoms with E-state index in [4.69, 9.17) is 9.47 Å². The zero-order valence-corrected chi connectivity index (χ0v) is 33.3. The van der Waals surface area contributed by atoms with Gasteiger partial charge in [-0.3, -0.25) is 29.8 Å². The Bertz CT molecular complexity index is 2070. The highest BCUT2D eigenvalue weighted by molar-refractivity contribution is 7.99. The van der Waals surface area contributed by atoms with Gasteiger partial charge in [0.2, 0.25) is 11.8 Å². The predicted molar refractivity (Wildman–Crippen MR) is 222 cm³/mol. The number of amides is 2. The molecule has 0 N–H and O–H groups in total. The van der Waals surface area contributed by atoms with Gasteiger partial charge >= 0.3 is 0 Å². The van der Waals surface area contributed by atoms with E-state index in [9.17, 15) is 29.8 Å². The molecule has 0 radical (unpaired) electrons. The maximum atomic E-state index is 13.3. The molecule has 2 amide bonds. The van der Waals surface area contributed by atoms with Crippen molar-refractivity contribution < 1.29 is 28.9 Å². The van der Waals surface area contributed by atoms with Crippen molar-refractivity contribution in [2.24, 2.45) is 0 Å². The summed E-state index contributed by atoms with van der Waals surface area (Å²) in [6.07, 6.45) is 6.07. The first-order chi connectivity index (χ1) is 27.5. The third-order valence-electron chi connectivity index (χ3n) is 10.1. The summed E-state index contributed by atoms with van der Waals surface area (Å²) in [5.74, 6) is -0.449. The van der Waals surface area contributed by atoms with Crippen LogP contribution in [-0.4, -0.2) is 84.1 Å². The van der Waals surface area contributed by atoms with Gasteiger partial charge in [-0.15, -0.1) is 0 Å². The lowest BCUT2D eigenvalue weighted by atomic mass is 9.89. The highest BCUT2D eigenvalue weighted by atomic mass is 32.2. The van der Waals surface area contributed by atoms with Gasteiger partial charge < -0.3 is 19.3 Å². The Kier molecular flexibility index (Phi) is 13.3. The fourth-order valence-electron chi connectivity index (χ4n) is 7.22. The van der Waals surface area contributed by atoms with Gasteiger partial charge in [0.15, 0.2) is 0 Å². The molecule has 2 fully saturated rings. The van der Waals surface area contributed by atoms with E-state index in [1.165, 1.54) is 12.2 Å². The Balaban J connectivity index is 1.53. The maximum absolute atomic E-state index is 13.3. The molecule has 0 saturated carbocycles. The summed E-state index contributed by atoms with van der Waals surface area (Å²) in [5, 5.41) is 26.6. The summed E-state index contributed by atoms with van der Waals surface area (Å²) >= 11 is 0.946.